The van der Waals surface area contributed by atoms with Gasteiger partial charge >= 0.3 is 6.61 Å². The zero-order valence-corrected chi connectivity index (χ0v) is 4.24. The molecule has 0 rings (SSSR count). The van der Waals surface area contributed by atoms with Crippen molar-refractivity contribution in [2.24, 2.45) is 0 Å². The lowest BCUT2D eigenvalue weighted by Crippen LogP contribution is -2.01. The van der Waals surface area contributed by atoms with Crippen molar-refractivity contribution in [2.45, 2.75) is 20.0 Å². The van der Waals surface area contributed by atoms with Gasteiger partial charge in [0.2, 0.25) is 0 Å². The van der Waals surface area contributed by atoms with Crippen LogP contribution in [0.2, 0.25) is 0 Å². The summed E-state index contributed by atoms with van der Waals surface area (Å²) in [4.78, 5) is 0. The molecule has 0 aliphatic heterocycles. The van der Waals surface area contributed by atoms with Gasteiger partial charge in [0.15, 0.2) is 0 Å². The minimum Gasteiger partial charge on any atom is -0.311 e. The second-order valence-electron chi connectivity index (χ2n) is 1.39. The molecule has 0 saturated carbocycles. The van der Waals surface area contributed by atoms with Gasteiger partial charge in [-0.25, -0.2) is 0 Å². The largest absolute Gasteiger partial charge is 0.448 e. The van der Waals surface area contributed by atoms with Crippen LogP contribution in [0.3, 0.4) is 0 Å². The summed E-state index contributed by atoms with van der Waals surface area (Å²) in [7, 11) is 0. The molecule has 0 aromatic heterocycles. The van der Waals surface area contributed by atoms with E-state index in [4.69, 9.17) is 0 Å². The molecule has 0 atom stereocenters. The maximum Gasteiger partial charge on any atom is 0.448 e. The molecule has 0 heterocycles. The fourth-order valence-electron chi connectivity index (χ4n) is 0.178. The molecule has 3 heteroatoms. The summed E-state index contributed by atoms with van der Waals surface area (Å²) >= 11 is 0. The van der Waals surface area contributed by atoms with Crippen molar-refractivity contribution in [3.05, 3.63) is 6.61 Å². The average molecular weight is 109 g/mol. The van der Waals surface area contributed by atoms with Crippen molar-refractivity contribution < 1.29 is 13.5 Å². The molecule has 1 nitrogen and oxygen atoms in total. The van der Waals surface area contributed by atoms with Gasteiger partial charge in [-0.2, -0.15) is 8.78 Å². The SMILES string of the molecule is CC(C)O[C](F)F. The van der Waals surface area contributed by atoms with Crippen molar-refractivity contribution in [2.75, 3.05) is 0 Å². The Balaban J connectivity index is 2.95. The maximum absolute atomic E-state index is 11.0. The fraction of sp³-hybridized carbons (Fsp3) is 0.750. The third kappa shape index (κ3) is 5.82. The molecule has 0 bridgehead atoms. The number of rotatable bonds is 2. The molecular formula is C4H7F2O. The maximum atomic E-state index is 11.0. The first-order valence-corrected chi connectivity index (χ1v) is 1.97. The molecular weight excluding hydrogens is 102 g/mol. The number of halogens is 2. The summed E-state index contributed by atoms with van der Waals surface area (Å²) in [6.07, 6.45) is -0.412. The third-order valence-electron chi connectivity index (χ3n) is 0.325. The highest BCUT2D eigenvalue weighted by molar-refractivity contribution is 4.42. The van der Waals surface area contributed by atoms with E-state index in [1.807, 2.05) is 0 Å². The smallest absolute Gasteiger partial charge is 0.311 e. The van der Waals surface area contributed by atoms with Gasteiger partial charge in [0.05, 0.1) is 6.10 Å². The minimum absolute atomic E-state index is 0.412. The lowest BCUT2D eigenvalue weighted by atomic mass is 10.5. The molecule has 0 unspecified atom stereocenters. The van der Waals surface area contributed by atoms with Crippen LogP contribution in [0.4, 0.5) is 8.78 Å². The fourth-order valence-corrected chi connectivity index (χ4v) is 0.178. The topological polar surface area (TPSA) is 9.23 Å². The lowest BCUT2D eigenvalue weighted by Gasteiger charge is -2.00. The van der Waals surface area contributed by atoms with Gasteiger partial charge in [-0.15, -0.1) is 0 Å². The summed E-state index contributed by atoms with van der Waals surface area (Å²) in [5.41, 5.74) is 0. The van der Waals surface area contributed by atoms with Gasteiger partial charge in [0.25, 0.3) is 0 Å². The average Bonchev–Trinajstić information content (AvgIpc) is 1.27. The molecule has 0 aromatic rings. The molecule has 1 radical (unpaired) electrons. The molecule has 43 valence electrons. The van der Waals surface area contributed by atoms with Crippen molar-refractivity contribution >= 4 is 0 Å². The molecule has 0 amide bonds. The van der Waals surface area contributed by atoms with Gasteiger partial charge in [-0.3, -0.25) is 0 Å². The van der Waals surface area contributed by atoms with E-state index in [0.29, 0.717) is 0 Å². The second kappa shape index (κ2) is 2.91. The molecule has 7 heavy (non-hydrogen) atoms. The molecule has 0 aliphatic carbocycles. The van der Waals surface area contributed by atoms with Crippen molar-refractivity contribution in [1.82, 2.24) is 0 Å². The Morgan fingerprint density at radius 1 is 1.43 bits per heavy atom. The first-order chi connectivity index (χ1) is 3.13. The monoisotopic (exact) mass is 109 g/mol. The van der Waals surface area contributed by atoms with Crippen LogP contribution in [0.25, 0.3) is 0 Å². The standard InChI is InChI=1S/C4H7F2O/c1-3(2)7-4(5)6/h3H,1-2H3. The summed E-state index contributed by atoms with van der Waals surface area (Å²) in [6, 6.07) is 0. The predicted molar refractivity (Wildman–Crippen MR) is 21.7 cm³/mol. The molecule has 0 aliphatic rings. The zero-order valence-electron chi connectivity index (χ0n) is 4.24. The van der Waals surface area contributed by atoms with Gasteiger partial charge in [0, 0.05) is 0 Å². The zero-order chi connectivity index (χ0) is 5.86. The van der Waals surface area contributed by atoms with Crippen molar-refractivity contribution in [1.29, 1.82) is 0 Å². The molecule has 0 fully saturated rings. The van der Waals surface area contributed by atoms with E-state index in [-0.39, 0.29) is 0 Å². The second-order valence-corrected chi connectivity index (χ2v) is 1.39. The van der Waals surface area contributed by atoms with Crippen LogP contribution in [-0.2, 0) is 4.74 Å². The van der Waals surface area contributed by atoms with Gasteiger partial charge in [0.1, 0.15) is 0 Å². The van der Waals surface area contributed by atoms with Crippen molar-refractivity contribution in [3.8, 4) is 0 Å². The van der Waals surface area contributed by atoms with Gasteiger partial charge < -0.3 is 4.74 Å². The first-order valence-electron chi connectivity index (χ1n) is 1.97. The molecule has 0 saturated heterocycles. The van der Waals surface area contributed by atoms with Gasteiger partial charge in [-0.1, -0.05) is 0 Å². The van der Waals surface area contributed by atoms with E-state index in [0.717, 1.165) is 0 Å². The Morgan fingerprint density at radius 3 is 1.86 bits per heavy atom. The van der Waals surface area contributed by atoms with Gasteiger partial charge in [-0.05, 0) is 13.8 Å². The summed E-state index contributed by atoms with van der Waals surface area (Å²) in [6.45, 7) is 1.12. The number of hydrogen-bond acceptors (Lipinski definition) is 1. The molecule has 0 spiro atoms. The Labute approximate surface area is 41.3 Å². The van der Waals surface area contributed by atoms with E-state index in [1.165, 1.54) is 0 Å². The first kappa shape index (κ1) is 6.82. The summed E-state index contributed by atoms with van der Waals surface area (Å²) in [5.74, 6) is 0. The van der Waals surface area contributed by atoms with Crippen LogP contribution in [0.1, 0.15) is 13.8 Å². The van der Waals surface area contributed by atoms with Crippen LogP contribution < -0.4 is 0 Å². The molecule has 0 N–H and O–H groups in total. The highest BCUT2D eigenvalue weighted by atomic mass is 19.3. The lowest BCUT2D eigenvalue weighted by molar-refractivity contribution is -0.0503. The normalized spacial score (nSPS) is 11.1. The van der Waals surface area contributed by atoms with E-state index in [9.17, 15) is 8.78 Å². The van der Waals surface area contributed by atoms with E-state index in [2.05, 4.69) is 4.74 Å². The Hall–Kier alpha value is -0.180. The number of hydrogen-bond donors (Lipinski definition) is 0. The van der Waals surface area contributed by atoms with Crippen LogP contribution in [0.15, 0.2) is 0 Å². The summed E-state index contributed by atoms with van der Waals surface area (Å²) < 4.78 is 25.8. The van der Waals surface area contributed by atoms with Crippen LogP contribution in [-0.4, -0.2) is 6.10 Å². The highest BCUT2D eigenvalue weighted by Gasteiger charge is 2.06. The van der Waals surface area contributed by atoms with Crippen LogP contribution in [0.5, 0.6) is 0 Å². The van der Waals surface area contributed by atoms with E-state index >= 15 is 0 Å². The Kier molecular flexibility index (Phi) is 2.83. The summed E-state index contributed by atoms with van der Waals surface area (Å²) in [5, 5.41) is 0. The van der Waals surface area contributed by atoms with E-state index in [1.54, 1.807) is 13.8 Å². The van der Waals surface area contributed by atoms with E-state index < -0.39 is 12.7 Å². The van der Waals surface area contributed by atoms with Crippen LogP contribution >= 0.6 is 0 Å². The third-order valence-corrected chi connectivity index (χ3v) is 0.325. The van der Waals surface area contributed by atoms with Crippen molar-refractivity contribution in [3.63, 3.8) is 0 Å². The Bertz CT molecular complexity index is 39.0. The predicted octanol–water partition coefficient (Wildman–Crippen LogP) is 1.80. The quantitative estimate of drug-likeness (QED) is 0.525. The highest BCUT2D eigenvalue weighted by Crippen LogP contribution is 2.06. The number of ether oxygens (including phenoxy) is 1. The minimum atomic E-state index is -1.96. The van der Waals surface area contributed by atoms with Crippen LogP contribution in [0, 0.1) is 6.61 Å². The molecule has 0 aromatic carbocycles. The Morgan fingerprint density at radius 2 is 1.86 bits per heavy atom.